The van der Waals surface area contributed by atoms with E-state index in [2.05, 4.69) is 20.8 Å². The molecular weight excluding hydrogens is 244 g/mol. The molecule has 0 aliphatic carbocycles. The third-order valence-electron chi connectivity index (χ3n) is 4.72. The Kier molecular flexibility index (Phi) is 12.6. The topological polar surface area (TPSA) is 52.0 Å². The first-order valence-corrected chi connectivity index (χ1v) is 9.13. The first-order valence-electron chi connectivity index (χ1n) is 9.13. The van der Waals surface area contributed by atoms with Crippen molar-refractivity contribution in [1.29, 1.82) is 0 Å². The van der Waals surface area contributed by atoms with E-state index in [1.165, 1.54) is 70.6 Å². The Balaban J connectivity index is 4.65. The molecule has 4 N–H and O–H groups in total. The van der Waals surface area contributed by atoms with Gasteiger partial charge in [0.2, 0.25) is 0 Å². The van der Waals surface area contributed by atoms with Crippen LogP contribution in [0.15, 0.2) is 0 Å². The highest BCUT2D eigenvalue weighted by Crippen LogP contribution is 2.34. The maximum absolute atomic E-state index is 6.91. The largest absolute Gasteiger partial charge is 0.330 e. The minimum absolute atomic E-state index is 0.0792. The monoisotopic (exact) mass is 284 g/mol. The van der Waals surface area contributed by atoms with Crippen LogP contribution in [0.1, 0.15) is 97.8 Å². The smallest absolute Gasteiger partial charge is 0.0182 e. The van der Waals surface area contributed by atoms with Crippen LogP contribution in [-0.4, -0.2) is 12.1 Å². The molecule has 122 valence electrons. The minimum atomic E-state index is 0.0792. The maximum Gasteiger partial charge on any atom is 0.0182 e. The Labute approximate surface area is 128 Å². The summed E-state index contributed by atoms with van der Waals surface area (Å²) in [6.45, 7) is 7.65. The van der Waals surface area contributed by atoms with Crippen LogP contribution < -0.4 is 11.5 Å². The van der Waals surface area contributed by atoms with E-state index in [1.807, 2.05) is 0 Å². The van der Waals surface area contributed by atoms with Gasteiger partial charge in [0.05, 0.1) is 0 Å². The lowest BCUT2D eigenvalue weighted by molar-refractivity contribution is 0.193. The lowest BCUT2D eigenvalue weighted by atomic mass is 9.72. The van der Waals surface area contributed by atoms with E-state index in [-0.39, 0.29) is 5.54 Å². The molecule has 0 heterocycles. The summed E-state index contributed by atoms with van der Waals surface area (Å²) < 4.78 is 0. The van der Waals surface area contributed by atoms with Gasteiger partial charge >= 0.3 is 0 Å². The van der Waals surface area contributed by atoms with Gasteiger partial charge in [0.1, 0.15) is 0 Å². The summed E-state index contributed by atoms with van der Waals surface area (Å²) in [6.07, 6.45) is 15.1. The highest BCUT2D eigenvalue weighted by atomic mass is 14.8. The summed E-state index contributed by atoms with van der Waals surface area (Å²) in [5, 5.41) is 0. The van der Waals surface area contributed by atoms with Crippen LogP contribution in [0.25, 0.3) is 0 Å². The molecule has 0 saturated carbocycles. The fourth-order valence-electron chi connectivity index (χ4n) is 3.25. The predicted molar refractivity (Wildman–Crippen MR) is 91.9 cm³/mol. The van der Waals surface area contributed by atoms with Crippen molar-refractivity contribution in [3.8, 4) is 0 Å². The van der Waals surface area contributed by atoms with Crippen LogP contribution >= 0.6 is 0 Å². The quantitative estimate of drug-likeness (QED) is 0.441. The molecule has 0 fully saturated rings. The zero-order valence-electron chi connectivity index (χ0n) is 14.4. The summed E-state index contributed by atoms with van der Waals surface area (Å²) >= 11 is 0. The maximum atomic E-state index is 6.91. The zero-order valence-corrected chi connectivity index (χ0v) is 14.4. The number of unbranched alkanes of at least 4 members (excludes halogenated alkanes) is 4. The predicted octanol–water partition coefficient (Wildman–Crippen LogP) is 5.00. The van der Waals surface area contributed by atoms with Gasteiger partial charge in [-0.3, -0.25) is 0 Å². The molecule has 20 heavy (non-hydrogen) atoms. The summed E-state index contributed by atoms with van der Waals surface area (Å²) in [5.41, 5.74) is 12.6. The fraction of sp³-hybridized carbons (Fsp3) is 1.00. The van der Waals surface area contributed by atoms with Gasteiger partial charge in [0.15, 0.2) is 0 Å². The summed E-state index contributed by atoms with van der Waals surface area (Å²) in [5.74, 6) is 0.701. The van der Waals surface area contributed by atoms with Crippen LogP contribution in [0.3, 0.4) is 0 Å². The lowest BCUT2D eigenvalue weighted by Crippen LogP contribution is -2.47. The van der Waals surface area contributed by atoms with E-state index < -0.39 is 0 Å². The van der Waals surface area contributed by atoms with E-state index in [0.29, 0.717) is 5.92 Å². The van der Waals surface area contributed by atoms with Gasteiger partial charge in [0, 0.05) is 5.54 Å². The SMILES string of the molecule is CCCCC(CCCCN)C(N)(CCCC)CCCC. The second-order valence-electron chi connectivity index (χ2n) is 6.56. The summed E-state index contributed by atoms with van der Waals surface area (Å²) in [6, 6.07) is 0. The van der Waals surface area contributed by atoms with Crippen molar-refractivity contribution in [2.45, 2.75) is 103 Å². The molecule has 2 nitrogen and oxygen atoms in total. The van der Waals surface area contributed by atoms with Crippen LogP contribution in [0.2, 0.25) is 0 Å². The van der Waals surface area contributed by atoms with Gasteiger partial charge in [-0.05, 0) is 44.6 Å². The molecule has 0 saturated heterocycles. The third-order valence-corrected chi connectivity index (χ3v) is 4.72. The van der Waals surface area contributed by atoms with Gasteiger partial charge in [-0.2, -0.15) is 0 Å². The average Bonchev–Trinajstić information content (AvgIpc) is 2.46. The first-order chi connectivity index (χ1) is 9.64. The van der Waals surface area contributed by atoms with Crippen molar-refractivity contribution in [2.75, 3.05) is 6.54 Å². The van der Waals surface area contributed by atoms with Crippen molar-refractivity contribution in [3.05, 3.63) is 0 Å². The van der Waals surface area contributed by atoms with Crippen molar-refractivity contribution < 1.29 is 0 Å². The van der Waals surface area contributed by atoms with E-state index in [0.717, 1.165) is 13.0 Å². The number of rotatable bonds is 14. The van der Waals surface area contributed by atoms with Crippen LogP contribution in [0.5, 0.6) is 0 Å². The molecule has 2 heteroatoms. The number of nitrogens with two attached hydrogens (primary N) is 2. The summed E-state index contributed by atoms with van der Waals surface area (Å²) in [4.78, 5) is 0. The standard InChI is InChI=1S/C18H40N2/c1-4-7-12-17(13-10-11-16-19)18(20,14-8-5-2)15-9-6-3/h17H,4-16,19-20H2,1-3H3. The van der Waals surface area contributed by atoms with E-state index in [4.69, 9.17) is 11.5 Å². The van der Waals surface area contributed by atoms with Crippen LogP contribution in [0, 0.1) is 5.92 Å². The van der Waals surface area contributed by atoms with Crippen molar-refractivity contribution in [1.82, 2.24) is 0 Å². The normalized spacial score (nSPS) is 13.7. The zero-order chi connectivity index (χ0) is 15.3. The molecule has 0 bridgehead atoms. The molecule has 0 aromatic heterocycles. The van der Waals surface area contributed by atoms with E-state index >= 15 is 0 Å². The molecule has 0 aromatic rings. The Bertz CT molecular complexity index is 196. The fourth-order valence-corrected chi connectivity index (χ4v) is 3.25. The van der Waals surface area contributed by atoms with Gasteiger partial charge in [0.25, 0.3) is 0 Å². The molecule has 0 amide bonds. The molecule has 1 atom stereocenters. The molecule has 1 unspecified atom stereocenters. The van der Waals surface area contributed by atoms with Crippen LogP contribution in [-0.2, 0) is 0 Å². The van der Waals surface area contributed by atoms with Gasteiger partial charge in [-0.15, -0.1) is 0 Å². The van der Waals surface area contributed by atoms with E-state index in [9.17, 15) is 0 Å². The molecule has 0 aromatic carbocycles. The second-order valence-corrected chi connectivity index (χ2v) is 6.56. The Morgan fingerprint density at radius 1 is 0.750 bits per heavy atom. The van der Waals surface area contributed by atoms with Crippen molar-refractivity contribution >= 4 is 0 Å². The molecule has 0 rings (SSSR count). The first kappa shape index (κ1) is 19.9. The van der Waals surface area contributed by atoms with E-state index in [1.54, 1.807) is 0 Å². The lowest BCUT2D eigenvalue weighted by Gasteiger charge is -2.38. The van der Waals surface area contributed by atoms with Crippen molar-refractivity contribution in [2.24, 2.45) is 17.4 Å². The summed E-state index contributed by atoms with van der Waals surface area (Å²) in [7, 11) is 0. The number of hydrogen-bond donors (Lipinski definition) is 2. The second kappa shape index (κ2) is 12.6. The van der Waals surface area contributed by atoms with Gasteiger partial charge < -0.3 is 11.5 Å². The Morgan fingerprint density at radius 2 is 1.25 bits per heavy atom. The number of hydrogen-bond acceptors (Lipinski definition) is 2. The highest BCUT2D eigenvalue weighted by Gasteiger charge is 2.32. The third kappa shape index (κ3) is 8.26. The molecule has 0 radical (unpaired) electrons. The van der Waals surface area contributed by atoms with Crippen molar-refractivity contribution in [3.63, 3.8) is 0 Å². The molecule has 0 aliphatic heterocycles. The Hall–Kier alpha value is -0.0800. The average molecular weight is 285 g/mol. The molecule has 0 aliphatic rings. The Morgan fingerprint density at radius 3 is 1.70 bits per heavy atom. The molecular formula is C18H40N2. The van der Waals surface area contributed by atoms with Crippen LogP contribution in [0.4, 0.5) is 0 Å². The van der Waals surface area contributed by atoms with Gasteiger partial charge in [-0.25, -0.2) is 0 Å². The highest BCUT2D eigenvalue weighted by molar-refractivity contribution is 4.91. The molecule has 0 spiro atoms. The van der Waals surface area contributed by atoms with Gasteiger partial charge in [-0.1, -0.05) is 65.7 Å². The minimum Gasteiger partial charge on any atom is -0.330 e.